The molecule has 1 aromatic carbocycles. The van der Waals surface area contributed by atoms with E-state index in [2.05, 4.69) is 0 Å². The molecule has 1 heterocycles. The zero-order chi connectivity index (χ0) is 12.6. The highest BCUT2D eigenvalue weighted by Gasteiger charge is 2.33. The van der Waals surface area contributed by atoms with Crippen LogP contribution >= 0.6 is 0 Å². The van der Waals surface area contributed by atoms with Crippen molar-refractivity contribution in [1.82, 2.24) is 0 Å². The second-order valence-electron chi connectivity index (χ2n) is 4.26. The highest BCUT2D eigenvalue weighted by Crippen LogP contribution is 2.36. The van der Waals surface area contributed by atoms with Gasteiger partial charge in [0.1, 0.15) is 0 Å². The molecule has 0 amide bonds. The zero-order valence-electron chi connectivity index (χ0n) is 9.59. The average Bonchev–Trinajstić information content (AvgIpc) is 2.69. The number of hydrogen-bond donors (Lipinski definition) is 1. The molecule has 0 fully saturated rings. The van der Waals surface area contributed by atoms with Gasteiger partial charge >= 0.3 is 6.18 Å². The summed E-state index contributed by atoms with van der Waals surface area (Å²) >= 11 is 0. The molecule has 2 nitrogen and oxygen atoms in total. The summed E-state index contributed by atoms with van der Waals surface area (Å²) in [5.74, 6) is 0. The maximum atomic E-state index is 12.6. The Hall–Kier alpha value is -1.23. The number of hydrogen-bond acceptors (Lipinski definition) is 2. The normalized spacial score (nSPS) is 17.1. The third-order valence-corrected chi connectivity index (χ3v) is 3.16. The van der Waals surface area contributed by atoms with Crippen molar-refractivity contribution >= 4 is 5.69 Å². The lowest BCUT2D eigenvalue weighted by Crippen LogP contribution is -2.40. The summed E-state index contributed by atoms with van der Waals surface area (Å²) in [5, 5.41) is 0. The van der Waals surface area contributed by atoms with Crippen LogP contribution in [0.1, 0.15) is 24.5 Å². The molecule has 2 rings (SSSR count). The number of alkyl halides is 3. The van der Waals surface area contributed by atoms with E-state index in [0.717, 1.165) is 24.5 Å². The van der Waals surface area contributed by atoms with Crippen LogP contribution in [0.2, 0.25) is 0 Å². The van der Waals surface area contributed by atoms with Gasteiger partial charge in [0.15, 0.2) is 0 Å². The van der Waals surface area contributed by atoms with Gasteiger partial charge in [-0.3, -0.25) is 0 Å². The summed E-state index contributed by atoms with van der Waals surface area (Å²) in [6.45, 7) is 2.63. The Labute approximate surface area is 98.2 Å². The molecule has 0 spiro atoms. The molecule has 17 heavy (non-hydrogen) atoms. The molecule has 1 atom stereocenters. The minimum Gasteiger partial charge on any atom is -0.356 e. The molecular formula is C12H15F3N2. The van der Waals surface area contributed by atoms with E-state index >= 15 is 0 Å². The number of fused-ring (bicyclic) bond motifs is 1. The summed E-state index contributed by atoms with van der Waals surface area (Å²) in [4.78, 5) is 1.85. The van der Waals surface area contributed by atoms with Crippen LogP contribution in [-0.4, -0.2) is 12.7 Å². The molecule has 0 aromatic heterocycles. The molecule has 0 saturated heterocycles. The molecule has 1 unspecified atom stereocenters. The van der Waals surface area contributed by atoms with E-state index in [1.54, 1.807) is 6.07 Å². The van der Waals surface area contributed by atoms with Gasteiger partial charge < -0.3 is 10.6 Å². The van der Waals surface area contributed by atoms with E-state index in [9.17, 15) is 13.2 Å². The number of nitrogens with zero attached hydrogens (tertiary/aromatic N) is 1. The second-order valence-corrected chi connectivity index (χ2v) is 4.26. The Kier molecular flexibility index (Phi) is 3.03. The number of nitrogens with two attached hydrogens (primary N) is 1. The van der Waals surface area contributed by atoms with Crippen molar-refractivity contribution in [3.63, 3.8) is 0 Å². The summed E-state index contributed by atoms with van der Waals surface area (Å²) in [5.41, 5.74) is 6.87. The van der Waals surface area contributed by atoms with E-state index in [4.69, 9.17) is 5.73 Å². The number of halogens is 3. The lowest BCUT2D eigenvalue weighted by Gasteiger charge is -2.26. The fraction of sp³-hybridized carbons (Fsp3) is 0.500. The van der Waals surface area contributed by atoms with Crippen molar-refractivity contribution < 1.29 is 13.2 Å². The Morgan fingerprint density at radius 2 is 2.12 bits per heavy atom. The Bertz CT molecular complexity index is 415. The van der Waals surface area contributed by atoms with Crippen LogP contribution in [0.4, 0.5) is 18.9 Å². The number of anilines is 1. The Balaban J connectivity index is 2.37. The quantitative estimate of drug-likeness (QED) is 0.866. The standard InChI is InChI=1S/C12H15F3N2/c1-2-11(16)17-6-5-8-3-4-9(7-10(8)17)12(13,14)15/h3-4,7,11H,2,5-6,16H2,1H3. The van der Waals surface area contributed by atoms with E-state index in [-0.39, 0.29) is 6.17 Å². The molecular weight excluding hydrogens is 229 g/mol. The highest BCUT2D eigenvalue weighted by atomic mass is 19.4. The zero-order valence-corrected chi connectivity index (χ0v) is 9.59. The molecule has 0 bridgehead atoms. The summed E-state index contributed by atoms with van der Waals surface area (Å²) in [6.07, 6.45) is -3.02. The fourth-order valence-corrected chi connectivity index (χ4v) is 2.15. The molecule has 94 valence electrons. The van der Waals surface area contributed by atoms with Crippen molar-refractivity contribution in [2.75, 3.05) is 11.4 Å². The minimum atomic E-state index is -4.29. The number of rotatable bonds is 2. The molecule has 5 heteroatoms. The first-order valence-corrected chi connectivity index (χ1v) is 5.66. The minimum absolute atomic E-state index is 0.209. The van der Waals surface area contributed by atoms with Gasteiger partial charge in [-0.1, -0.05) is 13.0 Å². The predicted octanol–water partition coefficient (Wildman–Crippen LogP) is 2.76. The third kappa shape index (κ3) is 2.24. The fourth-order valence-electron chi connectivity index (χ4n) is 2.15. The lowest BCUT2D eigenvalue weighted by atomic mass is 10.1. The van der Waals surface area contributed by atoms with Crippen LogP contribution in [0, 0.1) is 0 Å². The largest absolute Gasteiger partial charge is 0.416 e. The van der Waals surface area contributed by atoms with Crippen molar-refractivity contribution in [2.24, 2.45) is 5.73 Å². The maximum Gasteiger partial charge on any atom is 0.416 e. The molecule has 0 radical (unpaired) electrons. The van der Waals surface area contributed by atoms with Crippen LogP contribution in [-0.2, 0) is 12.6 Å². The monoisotopic (exact) mass is 244 g/mol. The van der Waals surface area contributed by atoms with Gasteiger partial charge in [-0.05, 0) is 30.5 Å². The van der Waals surface area contributed by atoms with Gasteiger partial charge in [-0.25, -0.2) is 0 Å². The highest BCUT2D eigenvalue weighted by molar-refractivity contribution is 5.60. The van der Waals surface area contributed by atoms with E-state index in [0.29, 0.717) is 12.2 Å². The van der Waals surface area contributed by atoms with Crippen LogP contribution < -0.4 is 10.6 Å². The first-order chi connectivity index (χ1) is 7.93. The Morgan fingerprint density at radius 3 is 2.71 bits per heavy atom. The van der Waals surface area contributed by atoms with Crippen LogP contribution in [0.25, 0.3) is 0 Å². The molecule has 1 aromatic rings. The van der Waals surface area contributed by atoms with Gasteiger partial charge in [-0.15, -0.1) is 0 Å². The van der Waals surface area contributed by atoms with Gasteiger partial charge in [0, 0.05) is 12.2 Å². The Morgan fingerprint density at radius 1 is 1.41 bits per heavy atom. The van der Waals surface area contributed by atoms with Gasteiger partial charge in [0.25, 0.3) is 0 Å². The topological polar surface area (TPSA) is 29.3 Å². The summed E-state index contributed by atoms with van der Waals surface area (Å²) in [6, 6.07) is 3.90. The third-order valence-electron chi connectivity index (χ3n) is 3.16. The van der Waals surface area contributed by atoms with E-state index in [1.165, 1.54) is 6.07 Å². The van der Waals surface area contributed by atoms with Gasteiger partial charge in [-0.2, -0.15) is 13.2 Å². The first-order valence-electron chi connectivity index (χ1n) is 5.66. The van der Waals surface area contributed by atoms with Crippen molar-refractivity contribution in [3.8, 4) is 0 Å². The average molecular weight is 244 g/mol. The van der Waals surface area contributed by atoms with Crippen LogP contribution in [0.5, 0.6) is 0 Å². The number of benzene rings is 1. The van der Waals surface area contributed by atoms with E-state index < -0.39 is 11.7 Å². The first kappa shape index (κ1) is 12.2. The lowest BCUT2D eigenvalue weighted by molar-refractivity contribution is -0.137. The van der Waals surface area contributed by atoms with Crippen molar-refractivity contribution in [3.05, 3.63) is 29.3 Å². The van der Waals surface area contributed by atoms with Crippen molar-refractivity contribution in [1.29, 1.82) is 0 Å². The van der Waals surface area contributed by atoms with Crippen molar-refractivity contribution in [2.45, 2.75) is 32.1 Å². The SMILES string of the molecule is CCC(N)N1CCc2ccc(C(F)(F)F)cc21. The van der Waals surface area contributed by atoms with Gasteiger partial charge in [0.2, 0.25) is 0 Å². The van der Waals surface area contributed by atoms with Crippen LogP contribution in [0.15, 0.2) is 18.2 Å². The molecule has 0 aliphatic carbocycles. The molecule has 1 aliphatic heterocycles. The summed E-state index contributed by atoms with van der Waals surface area (Å²) < 4.78 is 37.8. The van der Waals surface area contributed by atoms with Gasteiger partial charge in [0.05, 0.1) is 11.7 Å². The second kappa shape index (κ2) is 4.22. The van der Waals surface area contributed by atoms with Crippen LogP contribution in [0.3, 0.4) is 0 Å². The summed E-state index contributed by atoms with van der Waals surface area (Å²) in [7, 11) is 0. The maximum absolute atomic E-state index is 12.6. The molecule has 2 N–H and O–H groups in total. The predicted molar refractivity (Wildman–Crippen MR) is 60.8 cm³/mol. The molecule has 1 aliphatic rings. The smallest absolute Gasteiger partial charge is 0.356 e. The van der Waals surface area contributed by atoms with E-state index in [1.807, 2.05) is 11.8 Å². The molecule has 0 saturated carbocycles.